The van der Waals surface area contributed by atoms with Gasteiger partial charge >= 0.3 is 6.03 Å². The summed E-state index contributed by atoms with van der Waals surface area (Å²) in [7, 11) is 1.71. The average Bonchev–Trinajstić information content (AvgIpc) is 3.53. The molecule has 1 unspecified atom stereocenters. The van der Waals surface area contributed by atoms with Crippen LogP contribution in [0.25, 0.3) is 11.3 Å². The first-order valence-electron chi connectivity index (χ1n) is 11.1. The van der Waals surface area contributed by atoms with Crippen LogP contribution in [0.15, 0.2) is 67.3 Å². The van der Waals surface area contributed by atoms with Gasteiger partial charge in [-0.05, 0) is 36.4 Å². The number of fused-ring (bicyclic) bond motifs is 1. The molecule has 35 heavy (non-hydrogen) atoms. The number of nitrogens with two attached hydrogens (primary N) is 1. The predicted molar refractivity (Wildman–Crippen MR) is 128 cm³/mol. The Bertz CT molecular complexity index is 1330. The van der Waals surface area contributed by atoms with Gasteiger partial charge in [0.25, 0.3) is 5.91 Å². The minimum Gasteiger partial charge on any atom is -0.457 e. The molecule has 0 aliphatic carbocycles. The van der Waals surface area contributed by atoms with Crippen LogP contribution >= 0.6 is 0 Å². The van der Waals surface area contributed by atoms with Gasteiger partial charge in [-0.25, -0.2) is 14.5 Å². The fourth-order valence-corrected chi connectivity index (χ4v) is 4.13. The highest BCUT2D eigenvalue weighted by Gasteiger charge is 2.29. The van der Waals surface area contributed by atoms with E-state index in [0.717, 1.165) is 11.3 Å². The fourth-order valence-electron chi connectivity index (χ4n) is 4.13. The summed E-state index contributed by atoms with van der Waals surface area (Å²) in [5, 5.41) is 11.9. The number of hydrogen-bond donors (Lipinski definition) is 2. The van der Waals surface area contributed by atoms with E-state index < -0.39 is 5.91 Å². The van der Waals surface area contributed by atoms with E-state index in [4.69, 9.17) is 10.5 Å². The lowest BCUT2D eigenvalue weighted by atomic mass is 10.0. The number of hydrogen-bond acceptors (Lipinski definition) is 7. The van der Waals surface area contributed by atoms with Gasteiger partial charge < -0.3 is 20.7 Å². The van der Waals surface area contributed by atoms with E-state index in [1.807, 2.05) is 54.6 Å². The molecule has 0 saturated carbocycles. The Morgan fingerprint density at radius 2 is 1.89 bits per heavy atom. The minimum atomic E-state index is -0.560. The van der Waals surface area contributed by atoms with Crippen LogP contribution in [0, 0.1) is 5.92 Å². The summed E-state index contributed by atoms with van der Waals surface area (Å²) >= 11 is 0. The summed E-state index contributed by atoms with van der Waals surface area (Å²) in [6, 6.07) is 16.6. The maximum absolute atomic E-state index is 12.5. The van der Waals surface area contributed by atoms with Crippen molar-refractivity contribution in [2.45, 2.75) is 6.54 Å². The van der Waals surface area contributed by atoms with Crippen LogP contribution in [0.2, 0.25) is 0 Å². The van der Waals surface area contributed by atoms with Crippen LogP contribution in [0.5, 0.6) is 11.5 Å². The van der Waals surface area contributed by atoms with Crippen LogP contribution in [0.3, 0.4) is 0 Å². The summed E-state index contributed by atoms with van der Waals surface area (Å²) in [6.45, 7) is 1.55. The maximum Gasteiger partial charge on any atom is 0.345 e. The average molecular weight is 473 g/mol. The van der Waals surface area contributed by atoms with Gasteiger partial charge in [-0.3, -0.25) is 4.79 Å². The zero-order chi connectivity index (χ0) is 24.4. The molecule has 11 heteroatoms. The summed E-state index contributed by atoms with van der Waals surface area (Å²) in [6.07, 6.45) is 2.68. The number of ether oxygens (including phenoxy) is 1. The number of anilines is 1. The highest BCUT2D eigenvalue weighted by molar-refractivity contribution is 6.03. The van der Waals surface area contributed by atoms with Gasteiger partial charge in [0, 0.05) is 38.2 Å². The SMILES string of the molecule is CN(CC1CNc2c(C(N)=O)c(-c3ccc(Oc4ccccc4)cc3)nn2C1)C(=O)n1cncn1. The molecule has 11 nitrogen and oxygen atoms in total. The van der Waals surface area contributed by atoms with E-state index in [1.165, 1.54) is 17.3 Å². The number of para-hydroxylation sites is 1. The number of benzene rings is 2. The second-order valence-corrected chi connectivity index (χ2v) is 8.31. The highest BCUT2D eigenvalue weighted by atomic mass is 16.5. The van der Waals surface area contributed by atoms with E-state index >= 15 is 0 Å². The first kappa shape index (κ1) is 22.1. The number of nitrogens with one attached hydrogen (secondary N) is 1. The van der Waals surface area contributed by atoms with Crippen LogP contribution in [-0.2, 0) is 6.54 Å². The number of primary amides is 1. The van der Waals surface area contributed by atoms with Crippen molar-refractivity contribution in [2.75, 3.05) is 25.5 Å². The lowest BCUT2D eigenvalue weighted by Crippen LogP contribution is -2.40. The quantitative estimate of drug-likeness (QED) is 0.441. The third-order valence-corrected chi connectivity index (χ3v) is 5.77. The molecule has 1 aliphatic heterocycles. The van der Waals surface area contributed by atoms with E-state index in [9.17, 15) is 9.59 Å². The van der Waals surface area contributed by atoms with E-state index in [-0.39, 0.29) is 11.9 Å². The molecule has 0 bridgehead atoms. The Morgan fingerprint density at radius 1 is 1.14 bits per heavy atom. The Hall–Kier alpha value is -4.67. The van der Waals surface area contributed by atoms with Crippen molar-refractivity contribution in [2.24, 2.45) is 11.7 Å². The number of amides is 2. The highest BCUT2D eigenvalue weighted by Crippen LogP contribution is 2.33. The summed E-state index contributed by atoms with van der Waals surface area (Å²) in [4.78, 5) is 30.2. The van der Waals surface area contributed by atoms with Crippen molar-refractivity contribution in [1.29, 1.82) is 0 Å². The zero-order valence-corrected chi connectivity index (χ0v) is 19.0. The fraction of sp³-hybridized carbons (Fsp3) is 0.208. The molecule has 178 valence electrons. The number of rotatable bonds is 6. The third-order valence-electron chi connectivity index (χ3n) is 5.77. The Labute approximate surface area is 201 Å². The molecule has 2 amide bonds. The second-order valence-electron chi connectivity index (χ2n) is 8.31. The standard InChI is InChI=1S/C24H24N8O3/c1-30(24(34)32-15-26-14-28-32)12-16-11-27-23-20(22(25)33)21(29-31(23)13-16)17-7-9-19(10-8-17)35-18-5-3-2-4-6-18/h2-10,14-16,27H,11-13H2,1H3,(H2,25,33). The molecule has 2 aromatic heterocycles. The van der Waals surface area contributed by atoms with Gasteiger partial charge in [0.1, 0.15) is 41.2 Å². The van der Waals surface area contributed by atoms with Crippen LogP contribution in [-0.4, -0.2) is 61.5 Å². The zero-order valence-electron chi connectivity index (χ0n) is 19.0. The lowest BCUT2D eigenvalue weighted by molar-refractivity contribution is 0.100. The molecule has 1 atom stereocenters. The normalized spacial score (nSPS) is 14.6. The van der Waals surface area contributed by atoms with Crippen molar-refractivity contribution < 1.29 is 14.3 Å². The van der Waals surface area contributed by atoms with Crippen LogP contribution < -0.4 is 15.8 Å². The summed E-state index contributed by atoms with van der Waals surface area (Å²) < 4.78 is 8.78. The molecule has 0 fully saturated rings. The summed E-state index contributed by atoms with van der Waals surface area (Å²) in [5.74, 6) is 1.49. The van der Waals surface area contributed by atoms with Crippen molar-refractivity contribution in [3.8, 4) is 22.8 Å². The van der Waals surface area contributed by atoms with Crippen molar-refractivity contribution in [1.82, 2.24) is 29.4 Å². The van der Waals surface area contributed by atoms with Gasteiger partial charge in [-0.2, -0.15) is 14.9 Å². The first-order chi connectivity index (χ1) is 17.0. The molecular formula is C24H24N8O3. The number of aromatic nitrogens is 5. The molecule has 3 N–H and O–H groups in total. The van der Waals surface area contributed by atoms with Gasteiger partial charge in [-0.15, -0.1) is 0 Å². The molecule has 0 radical (unpaired) electrons. The molecular weight excluding hydrogens is 448 g/mol. The monoisotopic (exact) mass is 472 g/mol. The lowest BCUT2D eigenvalue weighted by Gasteiger charge is -2.28. The molecule has 0 spiro atoms. The smallest absolute Gasteiger partial charge is 0.345 e. The number of carbonyl (C=O) groups is 2. The predicted octanol–water partition coefficient (Wildman–Crippen LogP) is 2.67. The van der Waals surface area contributed by atoms with Crippen LogP contribution in [0.1, 0.15) is 10.4 Å². The van der Waals surface area contributed by atoms with Gasteiger partial charge in [0.2, 0.25) is 0 Å². The molecule has 5 rings (SSSR count). The molecule has 3 heterocycles. The molecule has 1 aliphatic rings. The van der Waals surface area contributed by atoms with E-state index in [1.54, 1.807) is 16.6 Å². The van der Waals surface area contributed by atoms with Gasteiger partial charge in [0.05, 0.1) is 0 Å². The minimum absolute atomic E-state index is 0.0649. The van der Waals surface area contributed by atoms with Crippen molar-refractivity contribution in [3.63, 3.8) is 0 Å². The Kier molecular flexibility index (Phi) is 5.88. The van der Waals surface area contributed by atoms with Gasteiger partial charge in [0.15, 0.2) is 0 Å². The largest absolute Gasteiger partial charge is 0.457 e. The van der Waals surface area contributed by atoms with Crippen molar-refractivity contribution in [3.05, 3.63) is 72.8 Å². The Morgan fingerprint density at radius 3 is 2.57 bits per heavy atom. The number of carbonyl (C=O) groups excluding carboxylic acids is 2. The van der Waals surface area contributed by atoms with Gasteiger partial charge in [-0.1, -0.05) is 18.2 Å². The van der Waals surface area contributed by atoms with E-state index in [2.05, 4.69) is 20.5 Å². The topological polar surface area (TPSA) is 133 Å². The summed E-state index contributed by atoms with van der Waals surface area (Å²) in [5.41, 5.74) is 7.32. The van der Waals surface area contributed by atoms with E-state index in [0.29, 0.717) is 42.5 Å². The van der Waals surface area contributed by atoms with Crippen LogP contribution in [0.4, 0.5) is 10.6 Å². The molecule has 2 aromatic carbocycles. The number of nitrogens with zero attached hydrogens (tertiary/aromatic N) is 6. The first-order valence-corrected chi connectivity index (χ1v) is 11.1. The molecule has 0 saturated heterocycles. The molecule has 4 aromatic rings. The maximum atomic E-state index is 12.5. The second kappa shape index (κ2) is 9.29. The Balaban J connectivity index is 1.34. The van der Waals surface area contributed by atoms with Crippen molar-refractivity contribution >= 4 is 17.8 Å². The third kappa shape index (κ3) is 4.56.